The summed E-state index contributed by atoms with van der Waals surface area (Å²) in [6.45, 7) is -0.433. The first kappa shape index (κ1) is 68.6. The third-order valence-corrected chi connectivity index (χ3v) is 16.4. The molecule has 0 radical (unpaired) electrons. The highest BCUT2D eigenvalue weighted by molar-refractivity contribution is 8.01. The molecule has 5 rings (SSSR count). The molecule has 0 bridgehead atoms. The molecule has 0 saturated carbocycles. The second-order valence-corrected chi connectivity index (χ2v) is 23.0. The van der Waals surface area contributed by atoms with Gasteiger partial charge in [-0.1, -0.05) is 12.1 Å². The van der Waals surface area contributed by atoms with Crippen LogP contribution in [0, 0.1) is 6.92 Å². The van der Waals surface area contributed by atoms with Gasteiger partial charge in [0.05, 0.1) is 36.2 Å². The van der Waals surface area contributed by atoms with Crippen molar-refractivity contribution in [1.82, 2.24) is 36.4 Å². The first-order valence-corrected chi connectivity index (χ1v) is 29.5. The number of anilines is 1. The fourth-order valence-electron chi connectivity index (χ4n) is 9.84. The second kappa shape index (κ2) is 32.9. The standard InChI is InChI=1S/C52H79N19O13S2/c1-26-12-13-34-37(19-26)86-42(40(54)48(82)71(34)24-39(75)65-31(49(83)84)10-4-16-63-52(59)60)41(76)33(25-72)68-44(78)32(21-28-7-6-18-85-28)66-38(74)22-64-45(79)36-20-27(73)23-70(36)47(81)35-11-5-17-69(35)46(80)30(9-3-15-62-51(57)58)67-43(77)29(53)8-2-14-61-50(55)56/h6-7,12-13,18-19,27,29-33,35-36,40,42,72-73H,2-5,8-11,14-17,20-25,53-54H2,1H3,(H,64,79)(H,65,75)(H,66,74)(H,67,77)(H,68,78)(H,83,84)(H4,55,56,61)(H4,57,58,62)(H4,59,60,63)/t27?,29-,30+,31+,32+,33+,35+,36+,40-,42?/m1/s1. The van der Waals surface area contributed by atoms with E-state index in [-0.39, 0.29) is 108 Å². The number of nitrogens with two attached hydrogens (primary N) is 8. The van der Waals surface area contributed by atoms with Crippen LogP contribution in [0.15, 0.2) is 55.6 Å². The highest BCUT2D eigenvalue weighted by Crippen LogP contribution is 2.39. The number of carboxylic acid groups (broad SMARTS) is 1. The van der Waals surface area contributed by atoms with Gasteiger partial charge in [0.25, 0.3) is 0 Å². The SMILES string of the molecule is Cc1ccc2c(c1)SC(C(=O)[C@H](CO)NC(=O)[C@H](Cc1cccs1)NC(=O)CNC(=O)[C@@H]1CC(O)CN1C(=O)[C@@H]1CCCN1C(=O)[C@H](CCCN=C(N)N)NC(=O)[C@H](N)CCCN=C(N)N)[C@@H](N)C(=O)N2CC(=O)N[C@@H](CCCN=C(N)N)C(=O)O. The van der Waals surface area contributed by atoms with Crippen molar-refractivity contribution in [3.05, 3.63) is 46.2 Å². The van der Waals surface area contributed by atoms with Gasteiger partial charge in [0.1, 0.15) is 48.8 Å². The smallest absolute Gasteiger partial charge is 0.326 e. The maximum atomic E-state index is 14.4. The maximum Gasteiger partial charge on any atom is 0.326 e. The van der Waals surface area contributed by atoms with Gasteiger partial charge in [-0.25, -0.2) is 4.79 Å². The lowest BCUT2D eigenvalue weighted by Gasteiger charge is -2.33. The molecular formula is C52H79N19O13S2. The number of Topliss-reactive ketones (excluding diaryl/α,β-unsaturated/α-hetero) is 1. The van der Waals surface area contributed by atoms with Crippen LogP contribution in [-0.4, -0.2) is 214 Å². The Balaban J connectivity index is 1.25. The first-order chi connectivity index (χ1) is 40.8. The molecular weight excluding hydrogens is 1160 g/mol. The Morgan fingerprint density at radius 1 is 0.767 bits per heavy atom. The van der Waals surface area contributed by atoms with Crippen LogP contribution in [0.1, 0.15) is 68.2 Å². The van der Waals surface area contributed by atoms with Gasteiger partial charge in [-0.05, 0) is 87.4 Å². The number of aliphatic hydroxyl groups excluding tert-OH is 2. The number of ketones is 1. The molecule has 8 amide bonds. The van der Waals surface area contributed by atoms with E-state index in [0.29, 0.717) is 28.2 Å². The van der Waals surface area contributed by atoms with Gasteiger partial charge < -0.3 is 102 Å². The highest BCUT2D eigenvalue weighted by Gasteiger charge is 2.47. The van der Waals surface area contributed by atoms with E-state index in [1.54, 1.807) is 36.6 Å². The monoisotopic (exact) mass is 1240 g/mol. The number of nitrogens with zero attached hydrogens (tertiary/aromatic N) is 6. The summed E-state index contributed by atoms with van der Waals surface area (Å²) in [5.74, 6) is -9.10. The molecule has 2 fully saturated rings. The number of carboxylic acids is 1. The third-order valence-electron chi connectivity index (χ3n) is 14.2. The Hall–Kier alpha value is -8.18. The van der Waals surface area contributed by atoms with Gasteiger partial charge in [-0.3, -0.25) is 58.1 Å². The van der Waals surface area contributed by atoms with Crippen LogP contribution in [-0.2, 0) is 54.4 Å². The number of carbonyl (C=O) groups is 10. The number of hydrogen-bond acceptors (Lipinski definition) is 19. The van der Waals surface area contributed by atoms with Crippen molar-refractivity contribution in [2.75, 3.05) is 57.3 Å². The van der Waals surface area contributed by atoms with Crippen LogP contribution >= 0.6 is 23.1 Å². The average molecular weight is 1240 g/mol. The number of amides is 8. The fraction of sp³-hybridized carbons (Fsp3) is 0.558. The number of β-amino-alcohol motifs (C(OH)–C–C–N with tert-alkyl or cyclic N) is 1. The molecule has 2 saturated heterocycles. The van der Waals surface area contributed by atoms with Gasteiger partial charge in [0.2, 0.25) is 47.3 Å². The lowest BCUT2D eigenvalue weighted by atomic mass is 10.0. The number of carbonyl (C=O) groups excluding carboxylic acids is 9. The van der Waals surface area contributed by atoms with Gasteiger partial charge in [-0.2, -0.15) is 0 Å². The number of aryl methyl sites for hydroxylation is 1. The van der Waals surface area contributed by atoms with E-state index in [2.05, 4.69) is 41.6 Å². The Bertz CT molecular complexity index is 2850. The van der Waals surface area contributed by atoms with Crippen molar-refractivity contribution >= 4 is 106 Å². The molecule has 10 atom stereocenters. The van der Waals surface area contributed by atoms with Crippen molar-refractivity contribution in [2.45, 2.75) is 136 Å². The molecule has 1 aromatic carbocycles. The minimum absolute atomic E-state index is 0.0551. The van der Waals surface area contributed by atoms with Crippen LogP contribution < -0.4 is 77.4 Å². The topological polar surface area (TPSA) is 546 Å². The molecule has 1 aromatic heterocycles. The van der Waals surface area contributed by atoms with E-state index in [4.69, 9.17) is 45.9 Å². The molecule has 3 aliphatic heterocycles. The number of fused-ring (bicyclic) bond motifs is 1. The lowest BCUT2D eigenvalue weighted by Crippen LogP contribution is -2.59. The van der Waals surface area contributed by atoms with Gasteiger partial charge in [0, 0.05) is 55.3 Å². The van der Waals surface area contributed by atoms with Crippen molar-refractivity contribution in [3.63, 3.8) is 0 Å². The van der Waals surface area contributed by atoms with E-state index in [1.807, 2.05) is 0 Å². The normalized spacial score (nSPS) is 19.9. The number of aliphatic hydroxyl groups is 2. The zero-order chi connectivity index (χ0) is 63.4. The predicted octanol–water partition coefficient (Wildman–Crippen LogP) is -6.42. The number of hydrogen-bond donors (Lipinski definition) is 16. The summed E-state index contributed by atoms with van der Waals surface area (Å²) in [6.07, 6.45) is 0.0470. The number of aliphatic carboxylic acids is 1. The first-order valence-electron chi connectivity index (χ1n) is 27.7. The Labute approximate surface area is 503 Å². The number of aliphatic imine (C=N–C) groups is 3. The molecule has 86 heavy (non-hydrogen) atoms. The summed E-state index contributed by atoms with van der Waals surface area (Å²) in [6, 6.07) is -2.61. The summed E-state index contributed by atoms with van der Waals surface area (Å²) in [5.41, 5.74) is 45.9. The van der Waals surface area contributed by atoms with E-state index >= 15 is 0 Å². The van der Waals surface area contributed by atoms with Crippen molar-refractivity contribution in [2.24, 2.45) is 60.8 Å². The summed E-state index contributed by atoms with van der Waals surface area (Å²) in [4.78, 5) is 154. The van der Waals surface area contributed by atoms with Gasteiger partial charge >= 0.3 is 5.97 Å². The van der Waals surface area contributed by atoms with E-state index in [9.17, 15) is 63.3 Å². The summed E-state index contributed by atoms with van der Waals surface area (Å²) < 4.78 is 0. The largest absolute Gasteiger partial charge is 0.480 e. The Kier molecular flexibility index (Phi) is 26.3. The van der Waals surface area contributed by atoms with Gasteiger partial charge in [-0.15, -0.1) is 23.1 Å². The summed E-state index contributed by atoms with van der Waals surface area (Å²) in [7, 11) is 0. The summed E-state index contributed by atoms with van der Waals surface area (Å²) in [5, 5.41) is 44.1. The fourth-order valence-corrected chi connectivity index (χ4v) is 12.0. The Morgan fingerprint density at radius 2 is 1.38 bits per heavy atom. The second-order valence-electron chi connectivity index (χ2n) is 20.8. The van der Waals surface area contributed by atoms with Gasteiger partial charge in [0.15, 0.2) is 23.7 Å². The van der Waals surface area contributed by atoms with Crippen LogP contribution in [0.2, 0.25) is 0 Å². The Morgan fingerprint density at radius 3 is 1.99 bits per heavy atom. The third kappa shape index (κ3) is 20.0. The quantitative estimate of drug-likeness (QED) is 0.0190. The molecule has 472 valence electrons. The van der Waals surface area contributed by atoms with E-state index in [0.717, 1.165) is 21.6 Å². The molecule has 0 aliphatic carbocycles. The van der Waals surface area contributed by atoms with Crippen LogP contribution in [0.4, 0.5) is 5.69 Å². The lowest BCUT2D eigenvalue weighted by molar-refractivity contribution is -0.148. The maximum absolute atomic E-state index is 14.4. The predicted molar refractivity (Wildman–Crippen MR) is 318 cm³/mol. The van der Waals surface area contributed by atoms with E-state index < -0.39 is 138 Å². The molecule has 2 aromatic rings. The minimum atomic E-state index is -1.71. The van der Waals surface area contributed by atoms with Crippen LogP contribution in [0.25, 0.3) is 0 Å². The van der Waals surface area contributed by atoms with E-state index in [1.165, 1.54) is 22.3 Å². The number of thioether (sulfide) groups is 1. The van der Waals surface area contributed by atoms with Crippen molar-refractivity contribution < 1.29 is 63.3 Å². The average Bonchev–Trinajstić information content (AvgIpc) is 2.01. The van der Waals surface area contributed by atoms with Crippen molar-refractivity contribution in [3.8, 4) is 0 Å². The van der Waals surface area contributed by atoms with Crippen molar-refractivity contribution in [1.29, 1.82) is 0 Å². The van der Waals surface area contributed by atoms with Crippen LogP contribution in [0.5, 0.6) is 0 Å². The zero-order valence-electron chi connectivity index (χ0n) is 47.5. The van der Waals surface area contributed by atoms with Crippen LogP contribution in [0.3, 0.4) is 0 Å². The highest BCUT2D eigenvalue weighted by atomic mass is 32.2. The minimum Gasteiger partial charge on any atom is -0.480 e. The summed E-state index contributed by atoms with van der Waals surface area (Å²) >= 11 is 2.10. The molecule has 4 heterocycles. The number of rotatable bonds is 31. The number of thiophene rings is 1. The number of benzene rings is 1. The molecule has 32 nitrogen and oxygen atoms in total. The zero-order valence-corrected chi connectivity index (χ0v) is 49.1. The molecule has 0 spiro atoms. The molecule has 2 unspecified atom stereocenters. The molecule has 24 N–H and O–H groups in total. The number of guanidine groups is 3. The number of nitrogens with one attached hydrogen (secondary N) is 5. The molecule has 3 aliphatic rings. The number of likely N-dealkylation sites (tertiary alicyclic amines) is 2. The molecule has 34 heteroatoms.